The maximum Gasteiger partial charge on any atom is 0.134 e. The first-order chi connectivity index (χ1) is 11.7. The van der Waals surface area contributed by atoms with Gasteiger partial charge in [-0.1, -0.05) is 29.0 Å². The van der Waals surface area contributed by atoms with Crippen LogP contribution in [0.1, 0.15) is 11.1 Å². The summed E-state index contributed by atoms with van der Waals surface area (Å²) in [6.45, 7) is 2.92. The summed E-state index contributed by atoms with van der Waals surface area (Å²) < 4.78 is 1.77. The molecular weight excluding hydrogens is 300 g/mol. The van der Waals surface area contributed by atoms with E-state index < -0.39 is 0 Å². The molecule has 0 saturated carbocycles. The minimum Gasteiger partial charge on any atom is -0.316 e. The van der Waals surface area contributed by atoms with Gasteiger partial charge in [0, 0.05) is 11.9 Å². The second-order valence-electron chi connectivity index (χ2n) is 5.87. The van der Waals surface area contributed by atoms with Gasteiger partial charge in [0.2, 0.25) is 0 Å². The van der Waals surface area contributed by atoms with E-state index in [0.29, 0.717) is 0 Å². The molecule has 6 nitrogen and oxygen atoms in total. The molecule has 2 aromatic heterocycles. The Kier molecular flexibility index (Phi) is 3.59. The summed E-state index contributed by atoms with van der Waals surface area (Å²) in [5, 5.41) is 20.2. The first kappa shape index (κ1) is 14.6. The quantitative estimate of drug-likeness (QED) is 0.607. The van der Waals surface area contributed by atoms with Crippen molar-refractivity contribution >= 4 is 10.9 Å². The summed E-state index contributed by atoms with van der Waals surface area (Å²) in [5.74, 6) is 0. The fourth-order valence-electron chi connectivity index (χ4n) is 2.79. The standard InChI is InChI=1S/C18H18N6/c1-12-3-8-16-15(9-12)18(22-20-16)17-11-24(23-21-17)14-6-4-13(5-7-14)10-19-2/h3-9,11,19H,10H2,1-2H3,(H,20,22). The smallest absolute Gasteiger partial charge is 0.134 e. The topological polar surface area (TPSA) is 71.4 Å². The third kappa shape index (κ3) is 2.57. The van der Waals surface area contributed by atoms with Crippen LogP contribution in [0.5, 0.6) is 0 Å². The van der Waals surface area contributed by atoms with E-state index in [9.17, 15) is 0 Å². The maximum atomic E-state index is 4.40. The lowest BCUT2D eigenvalue weighted by molar-refractivity contribution is 0.796. The van der Waals surface area contributed by atoms with Crippen molar-refractivity contribution in [3.05, 3.63) is 59.8 Å². The number of aromatic amines is 1. The van der Waals surface area contributed by atoms with Gasteiger partial charge in [-0.25, -0.2) is 4.68 Å². The van der Waals surface area contributed by atoms with Crippen molar-refractivity contribution in [1.29, 1.82) is 0 Å². The van der Waals surface area contributed by atoms with Crippen molar-refractivity contribution in [3.63, 3.8) is 0 Å². The minimum absolute atomic E-state index is 0.756. The lowest BCUT2D eigenvalue weighted by atomic mass is 10.1. The van der Waals surface area contributed by atoms with Crippen LogP contribution in [-0.4, -0.2) is 32.2 Å². The van der Waals surface area contributed by atoms with Gasteiger partial charge in [0.25, 0.3) is 0 Å². The molecule has 0 aliphatic carbocycles. The van der Waals surface area contributed by atoms with Gasteiger partial charge in [0.15, 0.2) is 0 Å². The van der Waals surface area contributed by atoms with Gasteiger partial charge in [0.05, 0.1) is 17.4 Å². The number of nitrogens with one attached hydrogen (secondary N) is 2. The number of nitrogens with zero attached hydrogens (tertiary/aromatic N) is 4. The predicted octanol–water partition coefficient (Wildman–Crippen LogP) is 2.84. The van der Waals surface area contributed by atoms with E-state index in [1.165, 1.54) is 11.1 Å². The first-order valence-corrected chi connectivity index (χ1v) is 7.86. The molecule has 0 spiro atoms. The minimum atomic E-state index is 0.756. The maximum absolute atomic E-state index is 4.40. The number of benzene rings is 2. The number of hydrogen-bond acceptors (Lipinski definition) is 4. The molecule has 2 heterocycles. The van der Waals surface area contributed by atoms with E-state index in [0.717, 1.165) is 34.5 Å². The summed E-state index contributed by atoms with van der Waals surface area (Å²) in [4.78, 5) is 0. The average molecular weight is 318 g/mol. The van der Waals surface area contributed by atoms with Gasteiger partial charge in [-0.2, -0.15) is 5.10 Å². The van der Waals surface area contributed by atoms with Crippen LogP contribution >= 0.6 is 0 Å². The van der Waals surface area contributed by atoms with Gasteiger partial charge >= 0.3 is 0 Å². The number of aromatic nitrogens is 5. The van der Waals surface area contributed by atoms with Crippen LogP contribution in [0.15, 0.2) is 48.7 Å². The summed E-state index contributed by atoms with van der Waals surface area (Å²) >= 11 is 0. The highest BCUT2D eigenvalue weighted by Crippen LogP contribution is 2.25. The lowest BCUT2D eigenvalue weighted by Gasteiger charge is -2.02. The van der Waals surface area contributed by atoms with E-state index in [1.807, 2.05) is 31.4 Å². The molecule has 4 rings (SSSR count). The Morgan fingerprint density at radius 3 is 2.75 bits per heavy atom. The van der Waals surface area contributed by atoms with Crippen LogP contribution in [0.4, 0.5) is 0 Å². The van der Waals surface area contributed by atoms with Crippen molar-refractivity contribution in [1.82, 2.24) is 30.5 Å². The third-order valence-corrected chi connectivity index (χ3v) is 4.04. The molecule has 0 aliphatic rings. The summed E-state index contributed by atoms with van der Waals surface area (Å²) in [6.07, 6.45) is 1.91. The number of fused-ring (bicyclic) bond motifs is 1. The SMILES string of the molecule is CNCc1ccc(-n2cc(-c3n[nH]c4ccc(C)cc34)nn2)cc1. The highest BCUT2D eigenvalue weighted by molar-refractivity contribution is 5.92. The van der Waals surface area contributed by atoms with Crippen molar-refractivity contribution in [2.45, 2.75) is 13.5 Å². The molecule has 0 aliphatic heterocycles. The van der Waals surface area contributed by atoms with E-state index in [4.69, 9.17) is 0 Å². The summed E-state index contributed by atoms with van der Waals surface area (Å²) in [6, 6.07) is 14.5. The molecule has 0 atom stereocenters. The van der Waals surface area contributed by atoms with E-state index >= 15 is 0 Å². The molecule has 2 N–H and O–H groups in total. The van der Waals surface area contributed by atoms with Crippen molar-refractivity contribution in [3.8, 4) is 17.1 Å². The van der Waals surface area contributed by atoms with Gasteiger partial charge in [-0.3, -0.25) is 5.10 Å². The number of aryl methyl sites for hydroxylation is 1. The van der Waals surface area contributed by atoms with Crippen LogP contribution < -0.4 is 5.32 Å². The van der Waals surface area contributed by atoms with E-state index in [1.54, 1.807) is 4.68 Å². The van der Waals surface area contributed by atoms with Crippen LogP contribution in [0.2, 0.25) is 0 Å². The van der Waals surface area contributed by atoms with Crippen LogP contribution in [0, 0.1) is 6.92 Å². The van der Waals surface area contributed by atoms with Crippen molar-refractivity contribution < 1.29 is 0 Å². The fraction of sp³-hybridized carbons (Fsp3) is 0.167. The molecule has 0 fully saturated rings. The highest BCUT2D eigenvalue weighted by atomic mass is 15.4. The Balaban J connectivity index is 1.70. The molecule has 4 aromatic rings. The molecule has 0 bridgehead atoms. The summed E-state index contributed by atoms with van der Waals surface area (Å²) in [5.41, 5.74) is 5.98. The van der Waals surface area contributed by atoms with Gasteiger partial charge in [-0.05, 0) is 43.8 Å². The first-order valence-electron chi connectivity index (χ1n) is 7.86. The van der Waals surface area contributed by atoms with Crippen molar-refractivity contribution in [2.24, 2.45) is 0 Å². The predicted molar refractivity (Wildman–Crippen MR) is 93.9 cm³/mol. The molecule has 6 heteroatoms. The third-order valence-electron chi connectivity index (χ3n) is 4.04. The Morgan fingerprint density at radius 1 is 1.12 bits per heavy atom. The number of H-pyrrole nitrogens is 1. The highest BCUT2D eigenvalue weighted by Gasteiger charge is 2.12. The zero-order valence-corrected chi connectivity index (χ0v) is 13.6. The second-order valence-corrected chi connectivity index (χ2v) is 5.87. The Hall–Kier alpha value is -2.99. The lowest BCUT2D eigenvalue weighted by Crippen LogP contribution is -2.05. The monoisotopic (exact) mass is 318 g/mol. The molecule has 24 heavy (non-hydrogen) atoms. The Morgan fingerprint density at radius 2 is 1.96 bits per heavy atom. The number of rotatable bonds is 4. The molecule has 0 radical (unpaired) electrons. The van der Waals surface area contributed by atoms with Gasteiger partial charge in [0.1, 0.15) is 11.4 Å². The van der Waals surface area contributed by atoms with Gasteiger partial charge in [-0.15, -0.1) is 5.10 Å². The van der Waals surface area contributed by atoms with Gasteiger partial charge < -0.3 is 5.32 Å². The fourth-order valence-corrected chi connectivity index (χ4v) is 2.79. The van der Waals surface area contributed by atoms with Crippen molar-refractivity contribution in [2.75, 3.05) is 7.05 Å². The number of hydrogen-bond donors (Lipinski definition) is 2. The molecule has 0 amide bonds. The zero-order chi connectivity index (χ0) is 16.5. The molecule has 120 valence electrons. The van der Waals surface area contributed by atoms with E-state index in [-0.39, 0.29) is 0 Å². The average Bonchev–Trinajstić information content (AvgIpc) is 3.22. The molecule has 2 aromatic carbocycles. The Bertz CT molecular complexity index is 980. The normalized spacial score (nSPS) is 11.2. The zero-order valence-electron chi connectivity index (χ0n) is 13.6. The largest absolute Gasteiger partial charge is 0.316 e. The molecule has 0 saturated heterocycles. The molecule has 0 unspecified atom stereocenters. The van der Waals surface area contributed by atoms with Crippen LogP contribution in [0.25, 0.3) is 28.0 Å². The van der Waals surface area contributed by atoms with Crippen LogP contribution in [-0.2, 0) is 6.54 Å². The molecular formula is C18H18N6. The summed E-state index contributed by atoms with van der Waals surface area (Å²) in [7, 11) is 1.94. The van der Waals surface area contributed by atoms with Crippen LogP contribution in [0.3, 0.4) is 0 Å². The Labute approximate surface area is 139 Å². The van der Waals surface area contributed by atoms with E-state index in [2.05, 4.69) is 57.0 Å². The second kappa shape index (κ2) is 5.90.